The second-order valence-electron chi connectivity index (χ2n) is 3.02. The highest BCUT2D eigenvalue weighted by Gasteiger charge is 2.24. The van der Waals surface area contributed by atoms with Crippen LogP contribution >= 0.6 is 0 Å². The summed E-state index contributed by atoms with van der Waals surface area (Å²) in [6.07, 6.45) is 0. The molecule has 1 heterocycles. The predicted octanol–water partition coefficient (Wildman–Crippen LogP) is 0.973. The predicted molar refractivity (Wildman–Crippen MR) is 54.9 cm³/mol. The largest absolute Gasteiger partial charge is 0.394 e. The highest BCUT2D eigenvalue weighted by molar-refractivity contribution is 4.77. The molecule has 0 aromatic rings. The third-order valence-corrected chi connectivity index (χ3v) is 2.07. The second kappa shape index (κ2) is 8.48. The fourth-order valence-electron chi connectivity index (χ4n) is 1.35. The van der Waals surface area contributed by atoms with E-state index in [0.29, 0.717) is 12.5 Å². The Bertz CT molecular complexity index is 103. The van der Waals surface area contributed by atoms with Gasteiger partial charge in [-0.3, -0.25) is 0 Å². The first kappa shape index (κ1) is 12.9. The minimum Gasteiger partial charge on any atom is -0.394 e. The highest BCUT2D eigenvalue weighted by atomic mass is 16.5. The van der Waals surface area contributed by atoms with Gasteiger partial charge in [0.05, 0.1) is 19.8 Å². The van der Waals surface area contributed by atoms with Crippen molar-refractivity contribution in [1.29, 1.82) is 0 Å². The molecule has 1 fully saturated rings. The van der Waals surface area contributed by atoms with E-state index in [4.69, 9.17) is 9.84 Å². The summed E-state index contributed by atoms with van der Waals surface area (Å²) in [5, 5.41) is 8.43. The standard InChI is InChI=1S/C8H17NO2.C2H6/c1-2-9-5-8(6-9)7-11-4-3-10;1-2/h8,10H,2-7H2,1H3;1-2H3. The lowest BCUT2D eigenvalue weighted by molar-refractivity contribution is 0.00624. The zero-order valence-electron chi connectivity index (χ0n) is 9.12. The Morgan fingerprint density at radius 1 is 1.38 bits per heavy atom. The van der Waals surface area contributed by atoms with Crippen LogP contribution in [-0.4, -0.2) is 49.5 Å². The molecule has 1 rings (SSSR count). The van der Waals surface area contributed by atoms with Crippen molar-refractivity contribution in [2.24, 2.45) is 5.92 Å². The van der Waals surface area contributed by atoms with Gasteiger partial charge >= 0.3 is 0 Å². The smallest absolute Gasteiger partial charge is 0.0697 e. The van der Waals surface area contributed by atoms with Crippen LogP contribution in [0.15, 0.2) is 0 Å². The van der Waals surface area contributed by atoms with E-state index in [-0.39, 0.29) is 6.61 Å². The van der Waals surface area contributed by atoms with Crippen LogP contribution in [0.1, 0.15) is 20.8 Å². The van der Waals surface area contributed by atoms with Gasteiger partial charge in [-0.15, -0.1) is 0 Å². The van der Waals surface area contributed by atoms with Gasteiger partial charge in [-0.05, 0) is 6.54 Å². The first-order valence-corrected chi connectivity index (χ1v) is 5.27. The summed E-state index contributed by atoms with van der Waals surface area (Å²) in [7, 11) is 0. The van der Waals surface area contributed by atoms with E-state index < -0.39 is 0 Å². The quantitative estimate of drug-likeness (QED) is 0.654. The molecule has 1 saturated heterocycles. The summed E-state index contributed by atoms with van der Waals surface area (Å²) in [5.41, 5.74) is 0. The van der Waals surface area contributed by atoms with Gasteiger partial charge in [-0.1, -0.05) is 20.8 Å². The van der Waals surface area contributed by atoms with Crippen molar-refractivity contribution in [3.63, 3.8) is 0 Å². The molecular formula is C10H23NO2. The molecule has 0 spiro atoms. The summed E-state index contributed by atoms with van der Waals surface area (Å²) < 4.78 is 5.20. The number of aliphatic hydroxyl groups excluding tert-OH is 1. The lowest BCUT2D eigenvalue weighted by atomic mass is 10.0. The number of hydrogen-bond acceptors (Lipinski definition) is 3. The van der Waals surface area contributed by atoms with Crippen LogP contribution in [0.25, 0.3) is 0 Å². The molecule has 0 unspecified atom stereocenters. The molecule has 80 valence electrons. The number of hydrogen-bond donors (Lipinski definition) is 1. The number of rotatable bonds is 5. The molecule has 0 amide bonds. The third-order valence-electron chi connectivity index (χ3n) is 2.07. The number of aliphatic hydroxyl groups is 1. The number of likely N-dealkylation sites (tertiary alicyclic amines) is 1. The molecule has 1 aliphatic rings. The van der Waals surface area contributed by atoms with Crippen molar-refractivity contribution in [3.8, 4) is 0 Å². The van der Waals surface area contributed by atoms with E-state index >= 15 is 0 Å². The molecule has 13 heavy (non-hydrogen) atoms. The van der Waals surface area contributed by atoms with Crippen molar-refractivity contribution < 1.29 is 9.84 Å². The van der Waals surface area contributed by atoms with E-state index in [1.165, 1.54) is 13.1 Å². The van der Waals surface area contributed by atoms with Gasteiger partial charge in [0.1, 0.15) is 0 Å². The van der Waals surface area contributed by atoms with E-state index in [0.717, 1.165) is 13.2 Å². The molecule has 0 radical (unpaired) electrons. The van der Waals surface area contributed by atoms with Crippen LogP contribution in [-0.2, 0) is 4.74 Å². The maximum atomic E-state index is 8.43. The molecule has 0 aromatic heterocycles. The van der Waals surface area contributed by atoms with E-state index in [2.05, 4.69) is 11.8 Å². The molecule has 0 aliphatic carbocycles. The molecule has 3 nitrogen and oxygen atoms in total. The summed E-state index contributed by atoms with van der Waals surface area (Å²) in [5.74, 6) is 0.710. The normalized spacial score (nSPS) is 17.5. The fourth-order valence-corrected chi connectivity index (χ4v) is 1.35. The first-order valence-electron chi connectivity index (χ1n) is 5.27. The molecule has 0 bridgehead atoms. The summed E-state index contributed by atoms with van der Waals surface area (Å²) in [4.78, 5) is 2.38. The Morgan fingerprint density at radius 3 is 2.46 bits per heavy atom. The van der Waals surface area contributed by atoms with Gasteiger partial charge < -0.3 is 14.7 Å². The third kappa shape index (κ3) is 5.24. The SMILES string of the molecule is CC.CCN1CC(COCCO)C1. The molecular weight excluding hydrogens is 166 g/mol. The van der Waals surface area contributed by atoms with Crippen LogP contribution in [0.5, 0.6) is 0 Å². The fraction of sp³-hybridized carbons (Fsp3) is 1.00. The molecule has 0 saturated carbocycles. The van der Waals surface area contributed by atoms with Gasteiger partial charge in [-0.25, -0.2) is 0 Å². The van der Waals surface area contributed by atoms with Crippen molar-refractivity contribution >= 4 is 0 Å². The zero-order valence-corrected chi connectivity index (χ0v) is 9.12. The lowest BCUT2D eigenvalue weighted by Crippen LogP contribution is -2.48. The topological polar surface area (TPSA) is 32.7 Å². The van der Waals surface area contributed by atoms with Crippen LogP contribution in [0.3, 0.4) is 0 Å². The molecule has 1 N–H and O–H groups in total. The van der Waals surface area contributed by atoms with Gasteiger partial charge in [0.2, 0.25) is 0 Å². The Hall–Kier alpha value is -0.120. The Balaban J connectivity index is 0.000000671. The van der Waals surface area contributed by atoms with E-state index in [1.807, 2.05) is 13.8 Å². The van der Waals surface area contributed by atoms with Crippen LogP contribution < -0.4 is 0 Å². The van der Waals surface area contributed by atoms with Gasteiger partial charge in [-0.2, -0.15) is 0 Å². The molecule has 3 heteroatoms. The Labute approximate surface area is 81.7 Å². The van der Waals surface area contributed by atoms with Crippen molar-refractivity contribution in [2.45, 2.75) is 20.8 Å². The van der Waals surface area contributed by atoms with E-state index in [9.17, 15) is 0 Å². The zero-order chi connectivity index (χ0) is 10.1. The minimum absolute atomic E-state index is 0.143. The van der Waals surface area contributed by atoms with Crippen LogP contribution in [0.4, 0.5) is 0 Å². The second-order valence-corrected chi connectivity index (χ2v) is 3.02. The number of ether oxygens (including phenoxy) is 1. The molecule has 0 atom stereocenters. The minimum atomic E-state index is 0.143. The van der Waals surface area contributed by atoms with Crippen LogP contribution in [0.2, 0.25) is 0 Å². The summed E-state index contributed by atoms with van der Waals surface area (Å²) >= 11 is 0. The highest BCUT2D eigenvalue weighted by Crippen LogP contribution is 2.14. The Morgan fingerprint density at radius 2 is 2.00 bits per heavy atom. The average molecular weight is 189 g/mol. The lowest BCUT2D eigenvalue weighted by Gasteiger charge is -2.38. The van der Waals surface area contributed by atoms with Crippen molar-refractivity contribution in [2.75, 3.05) is 39.5 Å². The molecule has 0 aromatic carbocycles. The van der Waals surface area contributed by atoms with Crippen LogP contribution in [0, 0.1) is 5.92 Å². The van der Waals surface area contributed by atoms with Gasteiger partial charge in [0.25, 0.3) is 0 Å². The maximum absolute atomic E-state index is 8.43. The van der Waals surface area contributed by atoms with Crippen molar-refractivity contribution in [3.05, 3.63) is 0 Å². The first-order chi connectivity index (χ1) is 6.36. The maximum Gasteiger partial charge on any atom is 0.0697 e. The van der Waals surface area contributed by atoms with Gasteiger partial charge in [0, 0.05) is 19.0 Å². The number of nitrogens with zero attached hydrogens (tertiary/aromatic N) is 1. The molecule has 1 aliphatic heterocycles. The van der Waals surface area contributed by atoms with E-state index in [1.54, 1.807) is 0 Å². The Kier molecular flexibility index (Phi) is 8.40. The summed E-state index contributed by atoms with van der Waals surface area (Å²) in [6.45, 7) is 11.1. The van der Waals surface area contributed by atoms with Crippen molar-refractivity contribution in [1.82, 2.24) is 4.90 Å². The average Bonchev–Trinajstić information content (AvgIpc) is 2.12. The van der Waals surface area contributed by atoms with Gasteiger partial charge in [0.15, 0.2) is 0 Å². The monoisotopic (exact) mass is 189 g/mol. The summed E-state index contributed by atoms with van der Waals surface area (Å²) in [6, 6.07) is 0.